The first-order valence-corrected chi connectivity index (χ1v) is 7.26. The second kappa shape index (κ2) is 4.98. The second-order valence-electron chi connectivity index (χ2n) is 5.20. The topological polar surface area (TPSA) is 98.7 Å². The van der Waals surface area contributed by atoms with Crippen LogP contribution in [0.2, 0.25) is 0 Å². The largest absolute Gasteiger partial charge is 0.454 e. The molecule has 0 spiro atoms. The number of aromatic amines is 1. The van der Waals surface area contributed by atoms with E-state index in [0.717, 1.165) is 28.3 Å². The van der Waals surface area contributed by atoms with Crippen LogP contribution in [0.25, 0.3) is 33.9 Å². The van der Waals surface area contributed by atoms with Gasteiger partial charge in [0.2, 0.25) is 6.79 Å². The van der Waals surface area contributed by atoms with E-state index in [0.29, 0.717) is 17.2 Å². The van der Waals surface area contributed by atoms with Crippen LogP contribution in [0.5, 0.6) is 11.5 Å². The first-order valence-electron chi connectivity index (χ1n) is 7.26. The summed E-state index contributed by atoms with van der Waals surface area (Å²) in [6, 6.07) is 9.57. The molecule has 0 aliphatic carbocycles. The van der Waals surface area contributed by atoms with Crippen molar-refractivity contribution in [2.45, 2.75) is 0 Å². The number of nitrogens with zero attached hydrogens (tertiary/aromatic N) is 5. The van der Waals surface area contributed by atoms with Crippen LogP contribution in [0, 0.1) is 0 Å². The lowest BCUT2D eigenvalue weighted by molar-refractivity contribution is 0.174. The Kier molecular flexibility index (Phi) is 2.69. The van der Waals surface area contributed by atoms with Gasteiger partial charge in [0.25, 0.3) is 0 Å². The Bertz CT molecular complexity index is 1050. The number of pyridine rings is 1. The third kappa shape index (κ3) is 2.04. The first-order chi connectivity index (χ1) is 11.9. The Morgan fingerprint density at radius 2 is 1.88 bits per heavy atom. The van der Waals surface area contributed by atoms with Crippen molar-refractivity contribution in [1.82, 2.24) is 30.1 Å². The molecule has 1 aliphatic rings. The van der Waals surface area contributed by atoms with E-state index >= 15 is 0 Å². The fourth-order valence-corrected chi connectivity index (χ4v) is 2.57. The van der Waals surface area contributed by atoms with Crippen molar-refractivity contribution in [1.29, 1.82) is 0 Å². The van der Waals surface area contributed by atoms with Gasteiger partial charge in [0.15, 0.2) is 23.1 Å². The van der Waals surface area contributed by atoms with Gasteiger partial charge in [-0.2, -0.15) is 5.10 Å². The molecule has 3 aromatic heterocycles. The van der Waals surface area contributed by atoms with Crippen molar-refractivity contribution in [3.8, 4) is 34.4 Å². The molecule has 116 valence electrons. The van der Waals surface area contributed by atoms with Gasteiger partial charge >= 0.3 is 0 Å². The maximum atomic E-state index is 5.41. The summed E-state index contributed by atoms with van der Waals surface area (Å²) in [6.45, 7) is 0.252. The summed E-state index contributed by atoms with van der Waals surface area (Å²) < 4.78 is 10.7. The SMILES string of the molecule is c1n[nH]c(-c2ncc3nc(-c4ccc5c(c4)OCO5)ccc3n2)n1. The van der Waals surface area contributed by atoms with Crippen LogP contribution < -0.4 is 9.47 Å². The van der Waals surface area contributed by atoms with Gasteiger partial charge in [-0.3, -0.25) is 5.10 Å². The highest BCUT2D eigenvalue weighted by molar-refractivity contribution is 5.79. The molecule has 1 N–H and O–H groups in total. The maximum absolute atomic E-state index is 5.41. The Morgan fingerprint density at radius 1 is 0.917 bits per heavy atom. The number of rotatable bonds is 2. The zero-order valence-electron chi connectivity index (χ0n) is 12.3. The number of nitrogens with one attached hydrogen (secondary N) is 1. The summed E-state index contributed by atoms with van der Waals surface area (Å²) in [5.41, 5.74) is 3.20. The fraction of sp³-hybridized carbons (Fsp3) is 0.0625. The van der Waals surface area contributed by atoms with Crippen molar-refractivity contribution in [2.75, 3.05) is 6.79 Å². The maximum Gasteiger partial charge on any atom is 0.231 e. The zero-order chi connectivity index (χ0) is 15.9. The summed E-state index contributed by atoms with van der Waals surface area (Å²) in [5.74, 6) is 2.49. The molecular formula is C16H10N6O2. The van der Waals surface area contributed by atoms with E-state index < -0.39 is 0 Å². The number of H-pyrrole nitrogens is 1. The van der Waals surface area contributed by atoms with Crippen molar-refractivity contribution >= 4 is 11.0 Å². The van der Waals surface area contributed by atoms with E-state index in [4.69, 9.17) is 9.47 Å². The molecule has 0 amide bonds. The van der Waals surface area contributed by atoms with Gasteiger partial charge in [-0.15, -0.1) is 0 Å². The van der Waals surface area contributed by atoms with E-state index in [2.05, 4.69) is 30.1 Å². The molecule has 1 aliphatic heterocycles. The van der Waals surface area contributed by atoms with Gasteiger partial charge in [-0.05, 0) is 30.3 Å². The summed E-state index contributed by atoms with van der Waals surface area (Å²) in [4.78, 5) is 17.4. The number of fused-ring (bicyclic) bond motifs is 2. The predicted octanol–water partition coefficient (Wildman–Crippen LogP) is 2.21. The monoisotopic (exact) mass is 318 g/mol. The van der Waals surface area contributed by atoms with Crippen LogP contribution >= 0.6 is 0 Å². The average Bonchev–Trinajstić information content (AvgIpc) is 3.31. The highest BCUT2D eigenvalue weighted by atomic mass is 16.7. The molecule has 24 heavy (non-hydrogen) atoms. The van der Waals surface area contributed by atoms with E-state index in [1.807, 2.05) is 30.3 Å². The summed E-state index contributed by atoms with van der Waals surface area (Å²) >= 11 is 0. The minimum Gasteiger partial charge on any atom is -0.454 e. The molecule has 4 aromatic rings. The Labute approximate surface area is 135 Å². The van der Waals surface area contributed by atoms with Crippen LogP contribution in [0.15, 0.2) is 42.9 Å². The van der Waals surface area contributed by atoms with E-state index in [1.165, 1.54) is 6.33 Å². The molecule has 1 aromatic carbocycles. The molecule has 0 saturated carbocycles. The highest BCUT2D eigenvalue weighted by Gasteiger charge is 2.15. The molecule has 5 rings (SSSR count). The molecule has 8 nitrogen and oxygen atoms in total. The third-order valence-electron chi connectivity index (χ3n) is 3.73. The molecule has 0 fully saturated rings. The summed E-state index contributed by atoms with van der Waals surface area (Å²) in [7, 11) is 0. The minimum absolute atomic E-state index is 0.252. The lowest BCUT2D eigenvalue weighted by atomic mass is 10.1. The Balaban J connectivity index is 1.57. The van der Waals surface area contributed by atoms with Crippen molar-refractivity contribution in [3.63, 3.8) is 0 Å². The van der Waals surface area contributed by atoms with Gasteiger partial charge in [0, 0.05) is 5.56 Å². The molecule has 0 atom stereocenters. The number of hydrogen-bond donors (Lipinski definition) is 1. The standard InChI is InChI=1S/C16H10N6O2/c1-4-13-14(24-8-23-13)5-9(1)10-2-3-11-12(20-10)6-17-15(21-11)16-18-7-19-22-16/h1-7H,8H2,(H,18,19,22). The van der Waals surface area contributed by atoms with Gasteiger partial charge in [0.1, 0.15) is 11.8 Å². The molecule has 0 bridgehead atoms. The lowest BCUT2D eigenvalue weighted by Crippen LogP contribution is -1.94. The number of ether oxygens (including phenoxy) is 2. The molecule has 4 heterocycles. The number of hydrogen-bond acceptors (Lipinski definition) is 7. The van der Waals surface area contributed by atoms with Crippen molar-refractivity contribution in [2.24, 2.45) is 0 Å². The third-order valence-corrected chi connectivity index (χ3v) is 3.73. The second-order valence-corrected chi connectivity index (χ2v) is 5.20. The summed E-state index contributed by atoms with van der Waals surface area (Å²) in [6.07, 6.45) is 3.10. The number of aromatic nitrogens is 6. The molecule has 8 heteroatoms. The van der Waals surface area contributed by atoms with Crippen LogP contribution in [-0.4, -0.2) is 36.9 Å². The fourth-order valence-electron chi connectivity index (χ4n) is 2.57. The smallest absolute Gasteiger partial charge is 0.231 e. The molecule has 0 saturated heterocycles. The van der Waals surface area contributed by atoms with Gasteiger partial charge < -0.3 is 9.47 Å². The lowest BCUT2D eigenvalue weighted by Gasteiger charge is -2.05. The van der Waals surface area contributed by atoms with Crippen LogP contribution in [-0.2, 0) is 0 Å². The quantitative estimate of drug-likeness (QED) is 0.605. The summed E-state index contributed by atoms with van der Waals surface area (Å²) in [5, 5.41) is 6.55. The number of benzene rings is 1. The highest BCUT2D eigenvalue weighted by Crippen LogP contribution is 2.35. The van der Waals surface area contributed by atoms with Gasteiger partial charge in [-0.25, -0.2) is 19.9 Å². The predicted molar refractivity (Wildman–Crippen MR) is 84.3 cm³/mol. The molecule has 0 unspecified atom stereocenters. The van der Waals surface area contributed by atoms with Crippen LogP contribution in [0.4, 0.5) is 0 Å². The van der Waals surface area contributed by atoms with Crippen molar-refractivity contribution in [3.05, 3.63) is 42.9 Å². The van der Waals surface area contributed by atoms with Crippen LogP contribution in [0.1, 0.15) is 0 Å². The van der Waals surface area contributed by atoms with E-state index in [9.17, 15) is 0 Å². The zero-order valence-corrected chi connectivity index (χ0v) is 12.3. The van der Waals surface area contributed by atoms with Crippen LogP contribution in [0.3, 0.4) is 0 Å². The Hall–Kier alpha value is -3.55. The Morgan fingerprint density at radius 3 is 2.79 bits per heavy atom. The van der Waals surface area contributed by atoms with E-state index in [1.54, 1.807) is 6.20 Å². The van der Waals surface area contributed by atoms with Gasteiger partial charge in [0.05, 0.1) is 17.4 Å². The van der Waals surface area contributed by atoms with Crippen molar-refractivity contribution < 1.29 is 9.47 Å². The molecular weight excluding hydrogens is 308 g/mol. The van der Waals surface area contributed by atoms with Gasteiger partial charge in [-0.1, -0.05) is 0 Å². The average molecular weight is 318 g/mol. The van der Waals surface area contributed by atoms with E-state index in [-0.39, 0.29) is 6.79 Å². The normalized spacial score (nSPS) is 12.7. The first kappa shape index (κ1) is 12.9. The minimum atomic E-state index is 0.252. The molecule has 0 radical (unpaired) electrons.